The van der Waals surface area contributed by atoms with Crippen molar-refractivity contribution >= 4 is 16.0 Å². The Bertz CT molecular complexity index is 633. The number of benzene rings is 1. The van der Waals surface area contributed by atoms with Gasteiger partial charge in [0.05, 0.1) is 11.4 Å². The summed E-state index contributed by atoms with van der Waals surface area (Å²) in [5, 5.41) is 0. The van der Waals surface area contributed by atoms with E-state index in [-0.39, 0.29) is 4.90 Å². The fourth-order valence-electron chi connectivity index (χ4n) is 2.56. The molecule has 0 saturated carbocycles. The molecule has 0 amide bonds. The van der Waals surface area contributed by atoms with Crippen molar-refractivity contribution in [3.05, 3.63) is 29.8 Å². The lowest BCUT2D eigenvalue weighted by molar-refractivity contribution is 0.277. The van der Waals surface area contributed by atoms with Gasteiger partial charge in [-0.1, -0.05) is 26.0 Å². The highest BCUT2D eigenvalue weighted by molar-refractivity contribution is 7.89. The number of sulfonamides is 1. The molecule has 0 radical (unpaired) electrons. The van der Waals surface area contributed by atoms with E-state index in [1.54, 1.807) is 31.2 Å². The third-order valence-electron chi connectivity index (χ3n) is 4.10. The normalized spacial score (nSPS) is 17.5. The van der Waals surface area contributed by atoms with Gasteiger partial charge in [0, 0.05) is 19.6 Å². The molecule has 0 spiro atoms. The van der Waals surface area contributed by atoms with Gasteiger partial charge in [-0.15, -0.1) is 0 Å². The summed E-state index contributed by atoms with van der Waals surface area (Å²) < 4.78 is 26.2. The van der Waals surface area contributed by atoms with Gasteiger partial charge in [-0.3, -0.25) is 0 Å². The third kappa shape index (κ3) is 4.94. The summed E-state index contributed by atoms with van der Waals surface area (Å²) in [5.41, 5.74) is 6.99. The van der Waals surface area contributed by atoms with Crippen molar-refractivity contribution in [2.75, 3.05) is 19.6 Å². The van der Waals surface area contributed by atoms with Gasteiger partial charge < -0.3 is 10.6 Å². The van der Waals surface area contributed by atoms with E-state index < -0.39 is 10.0 Å². The minimum atomic E-state index is -3.40. The average Bonchev–Trinajstić information content (AvgIpc) is 2.53. The monoisotopic (exact) mass is 338 g/mol. The first-order valence-electron chi connectivity index (χ1n) is 8.06. The highest BCUT2D eigenvalue weighted by Crippen LogP contribution is 2.16. The lowest BCUT2D eigenvalue weighted by atomic mass is 10.00. The van der Waals surface area contributed by atoms with Crippen LogP contribution in [0.1, 0.15) is 32.3 Å². The predicted molar refractivity (Wildman–Crippen MR) is 92.6 cm³/mol. The SMILES string of the molecule is CCNS(=O)(=O)c1ccc(CN=C(N)N2CCC(C)CC2)cc1. The van der Waals surface area contributed by atoms with E-state index in [0.29, 0.717) is 19.0 Å². The summed E-state index contributed by atoms with van der Waals surface area (Å²) in [4.78, 5) is 6.81. The summed E-state index contributed by atoms with van der Waals surface area (Å²) in [5.74, 6) is 1.33. The van der Waals surface area contributed by atoms with Gasteiger partial charge in [-0.25, -0.2) is 18.1 Å². The number of nitrogens with zero attached hydrogens (tertiary/aromatic N) is 2. The summed E-state index contributed by atoms with van der Waals surface area (Å²) in [6.45, 7) is 6.75. The molecule has 1 aromatic carbocycles. The van der Waals surface area contributed by atoms with Gasteiger partial charge in [-0.2, -0.15) is 0 Å². The maximum atomic E-state index is 11.9. The Balaban J connectivity index is 1.97. The van der Waals surface area contributed by atoms with Crippen LogP contribution in [0.3, 0.4) is 0 Å². The van der Waals surface area contributed by atoms with Crippen LogP contribution in [0, 0.1) is 5.92 Å². The Kier molecular flexibility index (Phi) is 6.01. The maximum absolute atomic E-state index is 11.9. The van der Waals surface area contributed by atoms with E-state index in [0.717, 1.165) is 37.4 Å². The second-order valence-corrected chi connectivity index (χ2v) is 7.76. The fourth-order valence-corrected chi connectivity index (χ4v) is 3.60. The van der Waals surface area contributed by atoms with Crippen molar-refractivity contribution in [3.8, 4) is 0 Å². The number of nitrogens with one attached hydrogen (secondary N) is 1. The van der Waals surface area contributed by atoms with Crippen molar-refractivity contribution in [1.29, 1.82) is 0 Å². The largest absolute Gasteiger partial charge is 0.370 e. The molecule has 3 N–H and O–H groups in total. The zero-order valence-corrected chi connectivity index (χ0v) is 14.6. The highest BCUT2D eigenvalue weighted by Gasteiger charge is 2.17. The lowest BCUT2D eigenvalue weighted by Crippen LogP contribution is -2.42. The van der Waals surface area contributed by atoms with Gasteiger partial charge in [0.15, 0.2) is 5.96 Å². The number of nitrogens with two attached hydrogens (primary N) is 1. The summed E-state index contributed by atoms with van der Waals surface area (Å²) in [7, 11) is -3.40. The molecular formula is C16H26N4O2S. The second kappa shape index (κ2) is 7.79. The maximum Gasteiger partial charge on any atom is 0.240 e. The first-order valence-corrected chi connectivity index (χ1v) is 9.54. The number of hydrogen-bond donors (Lipinski definition) is 2. The van der Waals surface area contributed by atoms with Crippen LogP contribution in [0.15, 0.2) is 34.2 Å². The van der Waals surface area contributed by atoms with Crippen LogP contribution >= 0.6 is 0 Å². The van der Waals surface area contributed by atoms with E-state index in [1.165, 1.54) is 0 Å². The molecule has 0 atom stereocenters. The van der Waals surface area contributed by atoms with Gasteiger partial charge in [0.2, 0.25) is 10.0 Å². The Hall–Kier alpha value is -1.60. The van der Waals surface area contributed by atoms with Crippen molar-refractivity contribution in [2.24, 2.45) is 16.6 Å². The van der Waals surface area contributed by atoms with Crippen LogP contribution in [0.4, 0.5) is 0 Å². The molecule has 128 valence electrons. The Morgan fingerprint density at radius 1 is 1.30 bits per heavy atom. The van der Waals surface area contributed by atoms with Crippen LogP contribution in [0.25, 0.3) is 0 Å². The average molecular weight is 338 g/mol. The minimum Gasteiger partial charge on any atom is -0.370 e. The lowest BCUT2D eigenvalue weighted by Gasteiger charge is -2.31. The Morgan fingerprint density at radius 3 is 2.48 bits per heavy atom. The molecule has 1 saturated heterocycles. The van der Waals surface area contributed by atoms with E-state index in [1.807, 2.05) is 0 Å². The number of piperidine rings is 1. The van der Waals surface area contributed by atoms with Crippen molar-refractivity contribution in [3.63, 3.8) is 0 Å². The van der Waals surface area contributed by atoms with Gasteiger partial charge in [0.1, 0.15) is 0 Å². The molecule has 0 aromatic heterocycles. The number of guanidine groups is 1. The topological polar surface area (TPSA) is 87.8 Å². The number of rotatable bonds is 5. The molecule has 2 rings (SSSR count). The first kappa shape index (κ1) is 17.7. The molecule has 1 fully saturated rings. The van der Waals surface area contributed by atoms with Gasteiger partial charge in [-0.05, 0) is 36.5 Å². The van der Waals surface area contributed by atoms with Crippen molar-refractivity contribution in [1.82, 2.24) is 9.62 Å². The quantitative estimate of drug-likeness (QED) is 0.629. The summed E-state index contributed by atoms with van der Waals surface area (Å²) >= 11 is 0. The Labute approximate surface area is 138 Å². The van der Waals surface area contributed by atoms with Crippen LogP contribution in [-0.2, 0) is 16.6 Å². The number of likely N-dealkylation sites (tertiary alicyclic amines) is 1. The zero-order chi connectivity index (χ0) is 16.9. The standard InChI is InChI=1S/C16H26N4O2S/c1-3-19-23(21,22)15-6-4-14(5-7-15)12-18-16(17)20-10-8-13(2)9-11-20/h4-7,13,19H,3,8-12H2,1-2H3,(H2,17,18). The summed E-state index contributed by atoms with van der Waals surface area (Å²) in [6.07, 6.45) is 2.29. The molecule has 1 aliphatic heterocycles. The number of hydrogen-bond acceptors (Lipinski definition) is 3. The Morgan fingerprint density at radius 2 is 1.91 bits per heavy atom. The predicted octanol–water partition coefficient (Wildman–Crippen LogP) is 1.53. The van der Waals surface area contributed by atoms with E-state index in [9.17, 15) is 8.42 Å². The number of aliphatic imine (C=N–C) groups is 1. The van der Waals surface area contributed by atoms with E-state index in [2.05, 4.69) is 21.5 Å². The minimum absolute atomic E-state index is 0.269. The molecule has 1 aliphatic rings. The molecule has 0 bridgehead atoms. The molecule has 0 unspecified atom stereocenters. The van der Waals surface area contributed by atoms with Crippen LogP contribution in [0.2, 0.25) is 0 Å². The fraction of sp³-hybridized carbons (Fsp3) is 0.562. The molecule has 7 heteroatoms. The smallest absolute Gasteiger partial charge is 0.240 e. The van der Waals surface area contributed by atoms with Gasteiger partial charge >= 0.3 is 0 Å². The van der Waals surface area contributed by atoms with Crippen molar-refractivity contribution < 1.29 is 8.42 Å². The molecular weight excluding hydrogens is 312 g/mol. The third-order valence-corrected chi connectivity index (χ3v) is 5.66. The molecule has 1 aromatic rings. The highest BCUT2D eigenvalue weighted by atomic mass is 32.2. The van der Waals surface area contributed by atoms with Gasteiger partial charge in [0.25, 0.3) is 0 Å². The molecule has 23 heavy (non-hydrogen) atoms. The van der Waals surface area contributed by atoms with Crippen LogP contribution < -0.4 is 10.5 Å². The van der Waals surface area contributed by atoms with E-state index in [4.69, 9.17) is 5.73 Å². The van der Waals surface area contributed by atoms with Crippen molar-refractivity contribution in [2.45, 2.75) is 38.1 Å². The summed E-state index contributed by atoms with van der Waals surface area (Å²) in [6, 6.07) is 6.75. The second-order valence-electron chi connectivity index (χ2n) is 5.99. The van der Waals surface area contributed by atoms with Crippen LogP contribution in [-0.4, -0.2) is 38.9 Å². The molecule has 6 nitrogen and oxygen atoms in total. The van der Waals surface area contributed by atoms with Crippen LogP contribution in [0.5, 0.6) is 0 Å². The molecule has 1 heterocycles. The zero-order valence-electron chi connectivity index (χ0n) is 13.8. The van der Waals surface area contributed by atoms with E-state index >= 15 is 0 Å². The first-order chi connectivity index (χ1) is 10.9. The molecule has 0 aliphatic carbocycles.